The minimum Gasteiger partial charge on any atom is -0.355 e. The maximum absolute atomic E-state index is 3.77. The molecule has 1 N–H and O–H groups in total. The average Bonchev–Trinajstić information content (AvgIpc) is 3.36. The van der Waals surface area contributed by atoms with E-state index < -0.39 is 0 Å². The van der Waals surface area contributed by atoms with E-state index in [-0.39, 0.29) is 5.41 Å². The lowest BCUT2D eigenvalue weighted by Gasteiger charge is -2.21. The molecule has 0 radical (unpaired) electrons. The van der Waals surface area contributed by atoms with Gasteiger partial charge in [-0.2, -0.15) is 0 Å². The summed E-state index contributed by atoms with van der Waals surface area (Å²) >= 11 is 0. The molecule has 1 nitrogen and oxygen atoms in total. The molecule has 5 aromatic rings. The zero-order valence-corrected chi connectivity index (χ0v) is 21.0. The molecule has 0 saturated heterocycles. The molecule has 5 aromatic carbocycles. The first-order valence-electron chi connectivity index (χ1n) is 12.8. The second-order valence-corrected chi connectivity index (χ2v) is 10.8. The predicted octanol–water partition coefficient (Wildman–Crippen LogP) is 9.28. The maximum Gasteiger partial charge on any atom is 0.0466 e. The van der Waals surface area contributed by atoms with Crippen LogP contribution in [0.3, 0.4) is 0 Å². The van der Waals surface area contributed by atoms with Gasteiger partial charge in [0.1, 0.15) is 0 Å². The van der Waals surface area contributed by atoms with E-state index in [1.165, 1.54) is 61.2 Å². The van der Waals surface area contributed by atoms with Crippen LogP contribution in [0.2, 0.25) is 0 Å². The van der Waals surface area contributed by atoms with Crippen LogP contribution in [-0.2, 0) is 11.8 Å². The van der Waals surface area contributed by atoms with Crippen molar-refractivity contribution < 1.29 is 0 Å². The standard InChI is InChI=1S/C35H29N/c1-22-12-15-29(24-13-17-33-31(21-24)30-10-6-7-11-32(30)35(33,2)3)34(18-22)36-26-14-16-28-25(20-26)19-23-8-4-5-9-27(23)28/h4-18,20-21,36H,19H2,1-3H3. The van der Waals surface area contributed by atoms with Crippen LogP contribution in [0, 0.1) is 6.92 Å². The smallest absolute Gasteiger partial charge is 0.0466 e. The highest BCUT2D eigenvalue weighted by atomic mass is 14.9. The Balaban J connectivity index is 1.29. The summed E-state index contributed by atoms with van der Waals surface area (Å²) in [6, 6.07) is 38.2. The third kappa shape index (κ3) is 3.16. The summed E-state index contributed by atoms with van der Waals surface area (Å²) < 4.78 is 0. The number of hydrogen-bond donors (Lipinski definition) is 1. The summed E-state index contributed by atoms with van der Waals surface area (Å²) in [4.78, 5) is 0. The highest BCUT2D eigenvalue weighted by Crippen LogP contribution is 2.50. The van der Waals surface area contributed by atoms with E-state index >= 15 is 0 Å². The van der Waals surface area contributed by atoms with Crippen molar-refractivity contribution >= 4 is 11.4 Å². The number of benzene rings is 5. The van der Waals surface area contributed by atoms with Crippen molar-refractivity contribution in [1.82, 2.24) is 0 Å². The molecule has 0 saturated carbocycles. The van der Waals surface area contributed by atoms with E-state index in [2.05, 4.69) is 129 Å². The second-order valence-electron chi connectivity index (χ2n) is 10.8. The molecule has 2 aliphatic rings. The predicted molar refractivity (Wildman–Crippen MR) is 152 cm³/mol. The molecule has 0 fully saturated rings. The Morgan fingerprint density at radius 3 is 2.19 bits per heavy atom. The summed E-state index contributed by atoms with van der Waals surface area (Å²) in [5.41, 5.74) is 17.1. The Hall–Kier alpha value is -4.10. The molecule has 0 heterocycles. The first kappa shape index (κ1) is 21.2. The molecule has 0 atom stereocenters. The topological polar surface area (TPSA) is 12.0 Å². The van der Waals surface area contributed by atoms with Crippen LogP contribution in [0.25, 0.3) is 33.4 Å². The molecule has 36 heavy (non-hydrogen) atoms. The van der Waals surface area contributed by atoms with Gasteiger partial charge >= 0.3 is 0 Å². The first-order chi connectivity index (χ1) is 17.5. The molecule has 0 bridgehead atoms. The molecular weight excluding hydrogens is 434 g/mol. The Bertz CT molecular complexity index is 1670. The summed E-state index contributed by atoms with van der Waals surface area (Å²) in [7, 11) is 0. The fourth-order valence-corrected chi connectivity index (χ4v) is 6.28. The molecule has 174 valence electrons. The van der Waals surface area contributed by atoms with Gasteiger partial charge in [-0.05, 0) is 93.2 Å². The van der Waals surface area contributed by atoms with E-state index in [1.807, 2.05) is 0 Å². The molecule has 1 heteroatoms. The van der Waals surface area contributed by atoms with Gasteiger partial charge in [0.05, 0.1) is 0 Å². The van der Waals surface area contributed by atoms with E-state index in [9.17, 15) is 0 Å². The van der Waals surface area contributed by atoms with Crippen LogP contribution in [0.4, 0.5) is 11.4 Å². The molecule has 7 rings (SSSR count). The van der Waals surface area contributed by atoms with Gasteiger partial charge in [-0.15, -0.1) is 0 Å². The number of hydrogen-bond acceptors (Lipinski definition) is 1. The highest BCUT2D eigenvalue weighted by Gasteiger charge is 2.35. The lowest BCUT2D eigenvalue weighted by molar-refractivity contribution is 0.660. The van der Waals surface area contributed by atoms with Crippen molar-refractivity contribution in [3.63, 3.8) is 0 Å². The molecule has 0 aliphatic heterocycles. The van der Waals surface area contributed by atoms with E-state index in [1.54, 1.807) is 0 Å². The summed E-state index contributed by atoms with van der Waals surface area (Å²) in [5, 5.41) is 3.77. The van der Waals surface area contributed by atoms with Crippen LogP contribution in [-0.4, -0.2) is 0 Å². The number of fused-ring (bicyclic) bond motifs is 6. The largest absolute Gasteiger partial charge is 0.355 e. The van der Waals surface area contributed by atoms with Crippen molar-refractivity contribution in [2.45, 2.75) is 32.6 Å². The molecule has 2 aliphatic carbocycles. The van der Waals surface area contributed by atoms with Crippen molar-refractivity contribution in [3.05, 3.63) is 131 Å². The van der Waals surface area contributed by atoms with Crippen molar-refractivity contribution in [2.75, 3.05) is 5.32 Å². The van der Waals surface area contributed by atoms with E-state index in [0.29, 0.717) is 0 Å². The van der Waals surface area contributed by atoms with Gasteiger partial charge in [-0.3, -0.25) is 0 Å². The van der Waals surface area contributed by atoms with Crippen LogP contribution in [0.1, 0.15) is 41.7 Å². The van der Waals surface area contributed by atoms with Crippen LogP contribution in [0.15, 0.2) is 103 Å². The Morgan fingerprint density at radius 2 is 1.31 bits per heavy atom. The molecule has 0 spiro atoms. The number of nitrogens with one attached hydrogen (secondary N) is 1. The lowest BCUT2D eigenvalue weighted by Crippen LogP contribution is -2.14. The quantitative estimate of drug-likeness (QED) is 0.276. The number of rotatable bonds is 3. The number of anilines is 2. The first-order valence-corrected chi connectivity index (χ1v) is 12.8. The molecule has 0 aromatic heterocycles. The lowest BCUT2D eigenvalue weighted by atomic mass is 9.82. The molecule has 0 amide bonds. The SMILES string of the molecule is Cc1ccc(-c2ccc3c(c2)-c2ccccc2C3(C)C)c(Nc2ccc3c(c2)Cc2ccccc2-3)c1. The van der Waals surface area contributed by atoms with Crippen molar-refractivity contribution in [3.8, 4) is 33.4 Å². The molecular formula is C35H29N. The fraction of sp³-hybridized carbons (Fsp3) is 0.143. The highest BCUT2D eigenvalue weighted by molar-refractivity contribution is 5.89. The van der Waals surface area contributed by atoms with Gasteiger partial charge in [0.25, 0.3) is 0 Å². The zero-order valence-electron chi connectivity index (χ0n) is 21.0. The minimum atomic E-state index is 0.0286. The van der Waals surface area contributed by atoms with Crippen LogP contribution >= 0.6 is 0 Å². The minimum absolute atomic E-state index is 0.0286. The monoisotopic (exact) mass is 463 g/mol. The van der Waals surface area contributed by atoms with Crippen molar-refractivity contribution in [2.24, 2.45) is 0 Å². The summed E-state index contributed by atoms with van der Waals surface area (Å²) in [5.74, 6) is 0. The Labute approximate surface area is 213 Å². The van der Waals surface area contributed by atoms with E-state index in [0.717, 1.165) is 17.8 Å². The third-order valence-electron chi connectivity index (χ3n) is 8.14. The van der Waals surface area contributed by atoms with E-state index in [4.69, 9.17) is 0 Å². The summed E-state index contributed by atoms with van der Waals surface area (Å²) in [6.45, 7) is 6.83. The average molecular weight is 464 g/mol. The van der Waals surface area contributed by atoms with Gasteiger partial charge in [-0.25, -0.2) is 0 Å². The van der Waals surface area contributed by atoms with Crippen LogP contribution < -0.4 is 5.32 Å². The van der Waals surface area contributed by atoms with Gasteiger partial charge in [0.2, 0.25) is 0 Å². The normalized spacial score (nSPS) is 14.1. The third-order valence-corrected chi connectivity index (χ3v) is 8.14. The summed E-state index contributed by atoms with van der Waals surface area (Å²) in [6.07, 6.45) is 1.00. The molecule has 0 unspecified atom stereocenters. The maximum atomic E-state index is 3.77. The fourth-order valence-electron chi connectivity index (χ4n) is 6.28. The Morgan fingerprint density at radius 1 is 0.583 bits per heavy atom. The van der Waals surface area contributed by atoms with Gasteiger partial charge in [0, 0.05) is 22.4 Å². The number of aryl methyl sites for hydroxylation is 1. The zero-order chi connectivity index (χ0) is 24.4. The van der Waals surface area contributed by atoms with Gasteiger partial charge < -0.3 is 5.32 Å². The second kappa shape index (κ2) is 7.70. The van der Waals surface area contributed by atoms with Crippen LogP contribution in [0.5, 0.6) is 0 Å². The van der Waals surface area contributed by atoms with Gasteiger partial charge in [0.15, 0.2) is 0 Å². The van der Waals surface area contributed by atoms with Crippen molar-refractivity contribution in [1.29, 1.82) is 0 Å². The van der Waals surface area contributed by atoms with Gasteiger partial charge in [-0.1, -0.05) is 92.7 Å². The Kier molecular flexibility index (Phi) is 4.53.